The van der Waals surface area contributed by atoms with Crippen molar-refractivity contribution in [2.45, 2.75) is 19.0 Å². The molecule has 0 amide bonds. The maximum Gasteiger partial charge on any atom is 0.431 e. The molecule has 0 spiro atoms. The minimum Gasteiger partial charge on any atom is -0.496 e. The van der Waals surface area contributed by atoms with Crippen molar-refractivity contribution in [3.63, 3.8) is 0 Å². The van der Waals surface area contributed by atoms with Gasteiger partial charge in [0.15, 0.2) is 5.82 Å². The normalized spacial score (nSPS) is 16.7. The number of H-pyrrole nitrogens is 1. The van der Waals surface area contributed by atoms with Gasteiger partial charge in [0.1, 0.15) is 11.4 Å². The van der Waals surface area contributed by atoms with Crippen molar-refractivity contribution in [1.29, 1.82) is 0 Å². The molecule has 2 heterocycles. The molecule has 0 saturated carbocycles. The zero-order chi connectivity index (χ0) is 18.9. The minimum atomic E-state index is -4.79. The molecule has 0 bridgehead atoms. The van der Waals surface area contributed by atoms with Crippen molar-refractivity contribution in [3.05, 3.63) is 52.9 Å². The van der Waals surface area contributed by atoms with Crippen LogP contribution in [-0.4, -0.2) is 36.1 Å². The predicted octanol–water partition coefficient (Wildman–Crippen LogP) is 3.36. The predicted molar refractivity (Wildman–Crippen MR) is 86.8 cm³/mol. The van der Waals surface area contributed by atoms with E-state index in [4.69, 9.17) is 9.47 Å². The van der Waals surface area contributed by atoms with Crippen LogP contribution in [0.2, 0.25) is 0 Å². The van der Waals surface area contributed by atoms with Crippen molar-refractivity contribution in [2.75, 3.05) is 19.0 Å². The first-order valence-electron chi connectivity index (χ1n) is 7.80. The summed E-state index contributed by atoms with van der Waals surface area (Å²) in [4.78, 5) is 12.5. The molecule has 26 heavy (non-hydrogen) atoms. The number of esters is 1. The van der Waals surface area contributed by atoms with Crippen LogP contribution in [0.3, 0.4) is 0 Å². The third kappa shape index (κ3) is 3.00. The third-order valence-corrected chi connectivity index (χ3v) is 4.01. The number of halogens is 3. The van der Waals surface area contributed by atoms with Gasteiger partial charge in [-0.3, -0.25) is 5.10 Å². The van der Waals surface area contributed by atoms with Gasteiger partial charge in [-0.05, 0) is 13.0 Å². The Kier molecular flexibility index (Phi) is 4.62. The molecular weight excluding hydrogens is 351 g/mol. The van der Waals surface area contributed by atoms with Gasteiger partial charge in [0.05, 0.1) is 25.2 Å². The van der Waals surface area contributed by atoms with Crippen LogP contribution in [0.4, 0.5) is 19.0 Å². The molecule has 1 aliphatic rings. The zero-order valence-corrected chi connectivity index (χ0v) is 14.0. The SMILES string of the molecule is CCOC(=O)C1=C(C(F)(F)F)Nc2n[nH]cc2C1c1ccccc1OC. The fourth-order valence-electron chi connectivity index (χ4n) is 2.99. The molecule has 0 saturated heterocycles. The topological polar surface area (TPSA) is 76.2 Å². The Morgan fingerprint density at radius 1 is 1.27 bits per heavy atom. The van der Waals surface area contributed by atoms with Crippen LogP contribution in [0.5, 0.6) is 5.75 Å². The molecular formula is C17H16F3N3O3. The van der Waals surface area contributed by atoms with Crippen LogP contribution in [0.1, 0.15) is 24.0 Å². The molecule has 0 aliphatic carbocycles. The molecule has 0 fully saturated rings. The lowest BCUT2D eigenvalue weighted by Crippen LogP contribution is -2.32. The van der Waals surface area contributed by atoms with E-state index < -0.39 is 29.3 Å². The standard InChI is InChI=1S/C17H16F3N3O3/c1-3-26-16(24)13-12(9-6-4-5-7-11(9)25-2)10-8-21-23-15(10)22-14(13)17(18,19)20/h4-8,12H,3H2,1-2H3,(H2,21,22,23). The van der Waals surface area contributed by atoms with E-state index in [2.05, 4.69) is 15.5 Å². The van der Waals surface area contributed by atoms with Gasteiger partial charge in [0.25, 0.3) is 0 Å². The van der Waals surface area contributed by atoms with E-state index in [1.54, 1.807) is 24.3 Å². The number of rotatable bonds is 4. The molecule has 0 radical (unpaired) electrons. The summed E-state index contributed by atoms with van der Waals surface area (Å²) in [5.41, 5.74) is -0.918. The van der Waals surface area contributed by atoms with Crippen LogP contribution in [0.15, 0.2) is 41.7 Å². The van der Waals surface area contributed by atoms with E-state index in [-0.39, 0.29) is 12.4 Å². The molecule has 1 aromatic carbocycles. The lowest BCUT2D eigenvalue weighted by Gasteiger charge is -2.29. The second-order valence-corrected chi connectivity index (χ2v) is 5.50. The van der Waals surface area contributed by atoms with Crippen molar-refractivity contribution in [2.24, 2.45) is 0 Å². The highest BCUT2D eigenvalue weighted by Gasteiger charge is 2.46. The Balaban J connectivity index is 2.29. The molecule has 3 rings (SSSR count). The lowest BCUT2D eigenvalue weighted by atomic mass is 9.82. The maximum absolute atomic E-state index is 13.7. The summed E-state index contributed by atoms with van der Waals surface area (Å²) < 4.78 is 51.2. The number of ether oxygens (including phenoxy) is 2. The molecule has 1 aromatic heterocycles. The summed E-state index contributed by atoms with van der Waals surface area (Å²) in [5, 5.41) is 8.58. The Bertz CT molecular complexity index is 858. The van der Waals surface area contributed by atoms with Gasteiger partial charge in [-0.1, -0.05) is 18.2 Å². The number of hydrogen-bond acceptors (Lipinski definition) is 5. The third-order valence-electron chi connectivity index (χ3n) is 4.01. The monoisotopic (exact) mass is 367 g/mol. The summed E-state index contributed by atoms with van der Waals surface area (Å²) in [6.07, 6.45) is -3.34. The summed E-state index contributed by atoms with van der Waals surface area (Å²) in [6, 6.07) is 6.58. The van der Waals surface area contributed by atoms with Gasteiger partial charge in [-0.15, -0.1) is 0 Å². The largest absolute Gasteiger partial charge is 0.496 e. The number of hydrogen-bond donors (Lipinski definition) is 2. The number of fused-ring (bicyclic) bond motifs is 1. The number of nitrogens with zero attached hydrogens (tertiary/aromatic N) is 1. The summed E-state index contributed by atoms with van der Waals surface area (Å²) in [6.45, 7) is 1.48. The Labute approximate surface area is 147 Å². The number of aromatic nitrogens is 2. The molecule has 9 heteroatoms. The first kappa shape index (κ1) is 17.8. The molecule has 1 atom stereocenters. The number of carbonyl (C=O) groups excluding carboxylic acids is 1. The fraction of sp³-hybridized carbons (Fsp3) is 0.294. The van der Waals surface area contributed by atoms with Gasteiger partial charge in [-0.25, -0.2) is 4.79 Å². The molecule has 138 valence electrons. The van der Waals surface area contributed by atoms with Crippen molar-refractivity contribution in [3.8, 4) is 5.75 Å². The van der Waals surface area contributed by atoms with Gasteiger partial charge in [-0.2, -0.15) is 18.3 Å². The molecule has 1 unspecified atom stereocenters. The van der Waals surface area contributed by atoms with E-state index in [1.165, 1.54) is 20.2 Å². The van der Waals surface area contributed by atoms with Crippen LogP contribution in [-0.2, 0) is 9.53 Å². The van der Waals surface area contributed by atoms with E-state index >= 15 is 0 Å². The van der Waals surface area contributed by atoms with E-state index in [0.717, 1.165) is 0 Å². The summed E-state index contributed by atoms with van der Waals surface area (Å²) >= 11 is 0. The number of para-hydroxylation sites is 1. The average molecular weight is 367 g/mol. The zero-order valence-electron chi connectivity index (χ0n) is 14.0. The summed E-state index contributed by atoms with van der Waals surface area (Å²) in [7, 11) is 1.41. The number of anilines is 1. The van der Waals surface area contributed by atoms with Crippen LogP contribution in [0.25, 0.3) is 0 Å². The number of carbonyl (C=O) groups is 1. The second-order valence-electron chi connectivity index (χ2n) is 5.50. The van der Waals surface area contributed by atoms with Crippen molar-refractivity contribution in [1.82, 2.24) is 10.2 Å². The van der Waals surface area contributed by atoms with E-state index in [9.17, 15) is 18.0 Å². The highest BCUT2D eigenvalue weighted by Crippen LogP contribution is 2.47. The number of benzene rings is 1. The van der Waals surface area contributed by atoms with Gasteiger partial charge < -0.3 is 14.8 Å². The van der Waals surface area contributed by atoms with Crippen molar-refractivity contribution < 1.29 is 27.4 Å². The number of aromatic amines is 1. The lowest BCUT2D eigenvalue weighted by molar-refractivity contribution is -0.140. The Morgan fingerprint density at radius 3 is 2.65 bits per heavy atom. The minimum absolute atomic E-state index is 0.00118. The van der Waals surface area contributed by atoms with E-state index in [1.807, 2.05) is 0 Å². The number of nitrogens with one attached hydrogen (secondary N) is 2. The molecule has 2 N–H and O–H groups in total. The first-order chi connectivity index (χ1) is 12.4. The number of methoxy groups -OCH3 is 1. The fourth-order valence-corrected chi connectivity index (χ4v) is 2.99. The second kappa shape index (κ2) is 6.74. The molecule has 6 nitrogen and oxygen atoms in total. The molecule has 2 aromatic rings. The van der Waals surface area contributed by atoms with Crippen LogP contribution in [0, 0.1) is 0 Å². The molecule has 1 aliphatic heterocycles. The number of allylic oxidation sites excluding steroid dienone is 1. The van der Waals surface area contributed by atoms with Gasteiger partial charge in [0, 0.05) is 17.3 Å². The smallest absolute Gasteiger partial charge is 0.431 e. The number of alkyl halides is 3. The van der Waals surface area contributed by atoms with E-state index in [0.29, 0.717) is 16.9 Å². The summed E-state index contributed by atoms with van der Waals surface area (Å²) in [5.74, 6) is -1.73. The highest BCUT2D eigenvalue weighted by molar-refractivity contribution is 5.95. The first-order valence-corrected chi connectivity index (χ1v) is 7.80. The Morgan fingerprint density at radius 2 is 2.00 bits per heavy atom. The van der Waals surface area contributed by atoms with Crippen LogP contribution < -0.4 is 10.1 Å². The van der Waals surface area contributed by atoms with Gasteiger partial charge in [0.2, 0.25) is 0 Å². The Hall–Kier alpha value is -2.97. The van der Waals surface area contributed by atoms with Gasteiger partial charge >= 0.3 is 12.1 Å². The quantitative estimate of drug-likeness (QED) is 0.811. The average Bonchev–Trinajstić information content (AvgIpc) is 3.08. The van der Waals surface area contributed by atoms with Crippen LogP contribution >= 0.6 is 0 Å². The van der Waals surface area contributed by atoms with Crippen molar-refractivity contribution >= 4 is 11.8 Å². The maximum atomic E-state index is 13.7. The highest BCUT2D eigenvalue weighted by atomic mass is 19.4.